The van der Waals surface area contributed by atoms with Gasteiger partial charge in [0.25, 0.3) is 0 Å². The second-order valence-electron chi connectivity index (χ2n) is 5.37. The second-order valence-corrected chi connectivity index (χ2v) is 5.37. The molecule has 0 unspecified atom stereocenters. The minimum Gasteiger partial charge on any atom is -0.318 e. The Bertz CT molecular complexity index is 681. The molecule has 1 heterocycles. The molecule has 2 N–H and O–H groups in total. The minimum atomic E-state index is -0.738. The SMILES string of the molecule is CCCCc1ccc(NC(=O)C(=O)Nc2cccc(C)n2)cc1. The van der Waals surface area contributed by atoms with Crippen LogP contribution in [0.25, 0.3) is 0 Å². The second kappa shape index (κ2) is 8.08. The maximum absolute atomic E-state index is 11.9. The number of unbranched alkanes of at least 4 members (excludes halogenated alkanes) is 1. The first-order valence-corrected chi connectivity index (χ1v) is 7.73. The number of anilines is 2. The van der Waals surface area contributed by atoms with Crippen LogP contribution in [0.15, 0.2) is 42.5 Å². The van der Waals surface area contributed by atoms with Gasteiger partial charge in [0.15, 0.2) is 0 Å². The standard InChI is InChI=1S/C18H21N3O2/c1-3-4-7-14-9-11-15(12-10-14)20-17(22)18(23)21-16-8-5-6-13(2)19-16/h5-6,8-12H,3-4,7H2,1-2H3,(H,20,22)(H,19,21,23). The Hall–Kier alpha value is -2.69. The number of hydrogen-bond acceptors (Lipinski definition) is 3. The van der Waals surface area contributed by atoms with Crippen molar-refractivity contribution >= 4 is 23.3 Å². The molecule has 2 aromatic rings. The molecule has 0 aliphatic heterocycles. The summed E-state index contributed by atoms with van der Waals surface area (Å²) in [5.41, 5.74) is 2.59. The first kappa shape index (κ1) is 16.7. The summed E-state index contributed by atoms with van der Waals surface area (Å²) in [5.74, 6) is -1.09. The van der Waals surface area contributed by atoms with Crippen molar-refractivity contribution in [2.45, 2.75) is 33.1 Å². The van der Waals surface area contributed by atoms with E-state index in [2.05, 4.69) is 22.5 Å². The Kier molecular flexibility index (Phi) is 5.86. The maximum Gasteiger partial charge on any atom is 0.315 e. The zero-order chi connectivity index (χ0) is 16.7. The highest BCUT2D eigenvalue weighted by molar-refractivity contribution is 6.43. The summed E-state index contributed by atoms with van der Waals surface area (Å²) in [4.78, 5) is 27.9. The molecule has 0 atom stereocenters. The molecule has 0 saturated carbocycles. The number of nitrogens with one attached hydrogen (secondary N) is 2. The molecule has 5 nitrogen and oxygen atoms in total. The van der Waals surface area contributed by atoms with Crippen LogP contribution in [-0.4, -0.2) is 16.8 Å². The molecule has 0 aliphatic rings. The van der Waals surface area contributed by atoms with E-state index in [0.717, 1.165) is 25.0 Å². The number of aryl methyl sites for hydroxylation is 2. The molecule has 2 amide bonds. The third-order valence-electron chi connectivity index (χ3n) is 3.37. The summed E-state index contributed by atoms with van der Waals surface area (Å²) in [6, 6.07) is 12.8. The average molecular weight is 311 g/mol. The van der Waals surface area contributed by atoms with Crippen molar-refractivity contribution in [3.8, 4) is 0 Å². The van der Waals surface area contributed by atoms with E-state index in [9.17, 15) is 9.59 Å². The van der Waals surface area contributed by atoms with Gasteiger partial charge >= 0.3 is 11.8 Å². The Morgan fingerprint density at radius 1 is 1.00 bits per heavy atom. The predicted molar refractivity (Wildman–Crippen MR) is 91.3 cm³/mol. The van der Waals surface area contributed by atoms with Crippen molar-refractivity contribution in [3.05, 3.63) is 53.7 Å². The fraction of sp³-hybridized carbons (Fsp3) is 0.278. The van der Waals surface area contributed by atoms with Gasteiger partial charge in [-0.15, -0.1) is 0 Å². The van der Waals surface area contributed by atoms with Gasteiger partial charge in [-0.25, -0.2) is 4.98 Å². The number of hydrogen-bond donors (Lipinski definition) is 2. The Morgan fingerprint density at radius 3 is 2.35 bits per heavy atom. The normalized spacial score (nSPS) is 10.2. The van der Waals surface area contributed by atoms with Crippen LogP contribution in [0.1, 0.15) is 31.0 Å². The number of amides is 2. The van der Waals surface area contributed by atoms with Crippen molar-refractivity contribution < 1.29 is 9.59 Å². The molecular weight excluding hydrogens is 290 g/mol. The van der Waals surface area contributed by atoms with Gasteiger partial charge in [0.2, 0.25) is 0 Å². The lowest BCUT2D eigenvalue weighted by Gasteiger charge is -2.07. The van der Waals surface area contributed by atoms with Crippen LogP contribution in [0, 0.1) is 6.92 Å². The highest BCUT2D eigenvalue weighted by Gasteiger charge is 2.14. The summed E-state index contributed by atoms with van der Waals surface area (Å²) >= 11 is 0. The van der Waals surface area contributed by atoms with E-state index >= 15 is 0 Å². The Morgan fingerprint density at radius 2 is 1.70 bits per heavy atom. The monoisotopic (exact) mass is 311 g/mol. The summed E-state index contributed by atoms with van der Waals surface area (Å²) in [5, 5.41) is 5.06. The molecule has 0 spiro atoms. The largest absolute Gasteiger partial charge is 0.318 e. The van der Waals surface area contributed by atoms with Crippen LogP contribution in [-0.2, 0) is 16.0 Å². The van der Waals surface area contributed by atoms with Gasteiger partial charge in [-0.3, -0.25) is 9.59 Å². The van der Waals surface area contributed by atoms with Crippen LogP contribution < -0.4 is 10.6 Å². The van der Waals surface area contributed by atoms with E-state index in [0.29, 0.717) is 11.5 Å². The van der Waals surface area contributed by atoms with Gasteiger partial charge in [0.1, 0.15) is 5.82 Å². The number of rotatable bonds is 5. The smallest absolute Gasteiger partial charge is 0.315 e. The molecule has 1 aromatic heterocycles. The molecule has 0 radical (unpaired) electrons. The molecule has 0 bridgehead atoms. The summed E-state index contributed by atoms with van der Waals surface area (Å²) in [7, 11) is 0. The number of nitrogens with zero attached hydrogens (tertiary/aromatic N) is 1. The molecule has 0 aliphatic carbocycles. The van der Waals surface area contributed by atoms with Crippen LogP contribution in [0.3, 0.4) is 0 Å². The van der Waals surface area contributed by atoms with Crippen molar-refractivity contribution in [1.29, 1.82) is 0 Å². The highest BCUT2D eigenvalue weighted by atomic mass is 16.2. The van der Waals surface area contributed by atoms with Crippen molar-refractivity contribution in [1.82, 2.24) is 4.98 Å². The van der Waals surface area contributed by atoms with Crippen LogP contribution in [0.5, 0.6) is 0 Å². The first-order chi connectivity index (χ1) is 11.1. The molecular formula is C18H21N3O2. The lowest BCUT2D eigenvalue weighted by Crippen LogP contribution is -2.29. The number of pyridine rings is 1. The van der Waals surface area contributed by atoms with Crippen LogP contribution >= 0.6 is 0 Å². The zero-order valence-electron chi connectivity index (χ0n) is 13.4. The van der Waals surface area contributed by atoms with Crippen LogP contribution in [0.2, 0.25) is 0 Å². The quantitative estimate of drug-likeness (QED) is 0.832. The third kappa shape index (κ3) is 5.21. The lowest BCUT2D eigenvalue weighted by atomic mass is 10.1. The van der Waals surface area contributed by atoms with E-state index in [4.69, 9.17) is 0 Å². The van der Waals surface area contributed by atoms with Crippen molar-refractivity contribution in [2.24, 2.45) is 0 Å². The topological polar surface area (TPSA) is 71.1 Å². The highest BCUT2D eigenvalue weighted by Crippen LogP contribution is 2.12. The lowest BCUT2D eigenvalue weighted by molar-refractivity contribution is -0.133. The molecule has 5 heteroatoms. The summed E-state index contributed by atoms with van der Waals surface area (Å²) < 4.78 is 0. The Labute approximate surface area is 136 Å². The number of aromatic nitrogens is 1. The van der Waals surface area contributed by atoms with Gasteiger partial charge in [0.05, 0.1) is 0 Å². The number of benzene rings is 1. The maximum atomic E-state index is 11.9. The van der Waals surface area contributed by atoms with E-state index in [1.165, 1.54) is 5.56 Å². The molecule has 120 valence electrons. The number of carbonyl (C=O) groups is 2. The van der Waals surface area contributed by atoms with Crippen molar-refractivity contribution in [2.75, 3.05) is 10.6 Å². The average Bonchev–Trinajstić information content (AvgIpc) is 2.54. The van der Waals surface area contributed by atoms with Crippen molar-refractivity contribution in [3.63, 3.8) is 0 Å². The zero-order valence-corrected chi connectivity index (χ0v) is 13.4. The fourth-order valence-electron chi connectivity index (χ4n) is 2.11. The van der Waals surface area contributed by atoms with Gasteiger partial charge in [-0.05, 0) is 49.6 Å². The summed E-state index contributed by atoms with van der Waals surface area (Å²) in [6.45, 7) is 3.96. The third-order valence-corrected chi connectivity index (χ3v) is 3.37. The van der Waals surface area contributed by atoms with E-state index in [-0.39, 0.29) is 0 Å². The van der Waals surface area contributed by atoms with Crippen LogP contribution in [0.4, 0.5) is 11.5 Å². The molecule has 0 fully saturated rings. The van der Waals surface area contributed by atoms with Gasteiger partial charge < -0.3 is 10.6 Å². The fourth-order valence-corrected chi connectivity index (χ4v) is 2.11. The number of carbonyl (C=O) groups excluding carboxylic acids is 2. The summed E-state index contributed by atoms with van der Waals surface area (Å²) in [6.07, 6.45) is 3.30. The molecule has 23 heavy (non-hydrogen) atoms. The minimum absolute atomic E-state index is 0.361. The predicted octanol–water partition coefficient (Wildman–Crippen LogP) is 3.31. The van der Waals surface area contributed by atoms with Gasteiger partial charge in [-0.2, -0.15) is 0 Å². The van der Waals surface area contributed by atoms with Gasteiger partial charge in [-0.1, -0.05) is 31.5 Å². The van der Waals surface area contributed by atoms with E-state index in [1.54, 1.807) is 24.3 Å². The van der Waals surface area contributed by atoms with Gasteiger partial charge in [0, 0.05) is 11.4 Å². The molecule has 2 rings (SSSR count). The Balaban J connectivity index is 1.91. The molecule has 0 saturated heterocycles. The van der Waals surface area contributed by atoms with E-state index < -0.39 is 11.8 Å². The molecule has 1 aromatic carbocycles. The van der Waals surface area contributed by atoms with E-state index in [1.807, 2.05) is 25.1 Å². The first-order valence-electron chi connectivity index (χ1n) is 7.73.